The molecule has 2 N–H and O–H groups in total. The molecule has 298 valence electrons. The number of hydrogen-bond donors (Lipinski definition) is 2. The predicted molar refractivity (Wildman–Crippen MR) is 195 cm³/mol. The van der Waals surface area contributed by atoms with E-state index in [1.54, 1.807) is 50.3 Å². The fourth-order valence-electron chi connectivity index (χ4n) is 5.79. The molecular weight excluding hydrogens is 690 g/mol. The van der Waals surface area contributed by atoms with Crippen LogP contribution in [0.25, 0.3) is 10.4 Å². The van der Waals surface area contributed by atoms with Crippen LogP contribution in [0, 0.1) is 0 Å². The van der Waals surface area contributed by atoms with Gasteiger partial charge in [-0.2, -0.15) is 0 Å². The number of carbonyl (C=O) groups excluding carboxylic acids is 3. The van der Waals surface area contributed by atoms with Gasteiger partial charge in [-0.25, -0.2) is 14.4 Å². The van der Waals surface area contributed by atoms with Gasteiger partial charge in [0, 0.05) is 4.91 Å². The lowest BCUT2D eigenvalue weighted by atomic mass is 9.93. The zero-order valence-corrected chi connectivity index (χ0v) is 31.6. The van der Waals surface area contributed by atoms with Gasteiger partial charge in [0.15, 0.2) is 11.9 Å². The van der Waals surface area contributed by atoms with Crippen LogP contribution in [-0.2, 0) is 33.2 Å². The van der Waals surface area contributed by atoms with Gasteiger partial charge in [-0.1, -0.05) is 101 Å². The number of azide groups is 1. The number of nitrogens with zero attached hydrogens (tertiary/aromatic N) is 3. The molecule has 2 rings (SSSR count). The molecule has 0 aromatic heterocycles. The van der Waals surface area contributed by atoms with E-state index >= 15 is 0 Å². The summed E-state index contributed by atoms with van der Waals surface area (Å²) in [6, 6.07) is 7.18. The van der Waals surface area contributed by atoms with E-state index in [9.17, 15) is 30.1 Å². The van der Waals surface area contributed by atoms with E-state index in [0.29, 0.717) is 6.42 Å². The van der Waals surface area contributed by atoms with Crippen molar-refractivity contribution in [2.45, 2.75) is 147 Å². The van der Waals surface area contributed by atoms with Gasteiger partial charge in [0.2, 0.25) is 0 Å². The van der Waals surface area contributed by atoms with E-state index < -0.39 is 73.8 Å². The molecular formula is C38H59N3O12. The summed E-state index contributed by atoms with van der Waals surface area (Å²) < 4.78 is 37.6. The van der Waals surface area contributed by atoms with Crippen LogP contribution in [0.3, 0.4) is 0 Å². The maximum atomic E-state index is 13.1. The fourth-order valence-corrected chi connectivity index (χ4v) is 5.79. The normalized spacial score (nSPS) is 22.3. The van der Waals surface area contributed by atoms with Crippen molar-refractivity contribution >= 4 is 18.3 Å². The van der Waals surface area contributed by atoms with Crippen molar-refractivity contribution in [3.05, 3.63) is 58.5 Å². The molecule has 1 aromatic rings. The zero-order valence-electron chi connectivity index (χ0n) is 31.6. The predicted octanol–water partition coefficient (Wildman–Crippen LogP) is 7.72. The molecule has 1 saturated heterocycles. The van der Waals surface area contributed by atoms with Crippen LogP contribution in [0.5, 0.6) is 0 Å². The molecule has 0 bridgehead atoms. The minimum atomic E-state index is -2.02. The van der Waals surface area contributed by atoms with Crippen LogP contribution in [0.1, 0.15) is 115 Å². The van der Waals surface area contributed by atoms with Crippen LogP contribution in [-0.4, -0.2) is 97.3 Å². The summed E-state index contributed by atoms with van der Waals surface area (Å²) >= 11 is 0. The van der Waals surface area contributed by atoms with Crippen molar-refractivity contribution in [1.29, 1.82) is 0 Å². The largest absolute Gasteiger partial charge is 0.508 e. The Bertz CT molecular complexity index is 1280. The Balaban J connectivity index is 2.15. The van der Waals surface area contributed by atoms with E-state index in [4.69, 9.17) is 33.2 Å². The molecule has 0 saturated carbocycles. The SMILES string of the molecule is CCCCCCCCCCCCCC=C[C@@H](OC(=O)c1ccccc1)[C@H](CO[C@@]1(C)O[C@H](COC(=O)OCC)[C@H](OC(=O)OCC)[C@H](O)[C@H]1O)N=[N+]=[N-]. The van der Waals surface area contributed by atoms with E-state index in [1.165, 1.54) is 58.3 Å². The number of rotatable bonds is 25. The summed E-state index contributed by atoms with van der Waals surface area (Å²) in [6.07, 6.45) is 7.72. The summed E-state index contributed by atoms with van der Waals surface area (Å²) in [7, 11) is 0. The number of hydrogen-bond acceptors (Lipinski definition) is 13. The Morgan fingerprint density at radius 1 is 0.906 bits per heavy atom. The average molecular weight is 750 g/mol. The van der Waals surface area contributed by atoms with Gasteiger partial charge in [0.05, 0.1) is 25.4 Å². The molecule has 0 spiro atoms. The maximum Gasteiger partial charge on any atom is 0.508 e. The Hall–Kier alpha value is -3.88. The first-order chi connectivity index (χ1) is 25.6. The second-order valence-corrected chi connectivity index (χ2v) is 12.9. The van der Waals surface area contributed by atoms with Gasteiger partial charge in [0.1, 0.15) is 37.1 Å². The second-order valence-electron chi connectivity index (χ2n) is 12.9. The fraction of sp³-hybridized carbons (Fsp3) is 0.711. The lowest BCUT2D eigenvalue weighted by Gasteiger charge is -2.47. The first kappa shape index (κ1) is 45.3. The van der Waals surface area contributed by atoms with Crippen LogP contribution in [0.4, 0.5) is 9.59 Å². The zero-order chi connectivity index (χ0) is 38.9. The summed E-state index contributed by atoms with van der Waals surface area (Å²) in [4.78, 5) is 40.1. The molecule has 53 heavy (non-hydrogen) atoms. The minimum Gasteiger partial charge on any atom is -0.454 e. The lowest BCUT2D eigenvalue weighted by Crippen LogP contribution is -2.66. The molecule has 1 aromatic carbocycles. The summed E-state index contributed by atoms with van der Waals surface area (Å²) in [5, 5.41) is 26.0. The van der Waals surface area contributed by atoms with Crippen molar-refractivity contribution in [3.8, 4) is 0 Å². The average Bonchev–Trinajstić information content (AvgIpc) is 3.15. The summed E-state index contributed by atoms with van der Waals surface area (Å²) in [5.74, 6) is -2.67. The topological polar surface area (TPSA) is 205 Å². The molecule has 15 heteroatoms. The number of benzene rings is 1. The van der Waals surface area contributed by atoms with E-state index in [1.807, 2.05) is 6.08 Å². The van der Waals surface area contributed by atoms with E-state index in [-0.39, 0.29) is 18.8 Å². The Morgan fingerprint density at radius 2 is 1.51 bits per heavy atom. The highest BCUT2D eigenvalue weighted by molar-refractivity contribution is 5.89. The summed E-state index contributed by atoms with van der Waals surface area (Å²) in [6.45, 7) is 5.64. The van der Waals surface area contributed by atoms with Gasteiger partial charge < -0.3 is 43.4 Å². The Kier molecular flexibility index (Phi) is 22.2. The molecule has 7 atom stereocenters. The van der Waals surface area contributed by atoms with Crippen molar-refractivity contribution in [2.75, 3.05) is 26.4 Å². The van der Waals surface area contributed by atoms with Crippen molar-refractivity contribution in [1.82, 2.24) is 0 Å². The molecule has 1 heterocycles. The highest BCUT2D eigenvalue weighted by atomic mass is 16.8. The highest BCUT2D eigenvalue weighted by Gasteiger charge is 2.54. The first-order valence-electron chi connectivity index (χ1n) is 18.9. The van der Waals surface area contributed by atoms with Crippen LogP contribution in [0.2, 0.25) is 0 Å². The molecule has 15 nitrogen and oxygen atoms in total. The van der Waals surface area contributed by atoms with Gasteiger partial charge in [-0.05, 0) is 57.4 Å². The van der Waals surface area contributed by atoms with E-state index in [2.05, 4.69) is 16.9 Å². The molecule has 1 fully saturated rings. The van der Waals surface area contributed by atoms with Gasteiger partial charge in [-0.3, -0.25) is 0 Å². The van der Waals surface area contributed by atoms with Crippen LogP contribution < -0.4 is 0 Å². The van der Waals surface area contributed by atoms with Crippen LogP contribution >= 0.6 is 0 Å². The smallest absolute Gasteiger partial charge is 0.454 e. The number of allylic oxidation sites excluding steroid dienone is 1. The van der Waals surface area contributed by atoms with Gasteiger partial charge in [-0.15, -0.1) is 0 Å². The Morgan fingerprint density at radius 3 is 2.11 bits per heavy atom. The first-order valence-corrected chi connectivity index (χ1v) is 18.9. The molecule has 0 unspecified atom stereocenters. The van der Waals surface area contributed by atoms with Crippen molar-refractivity contribution < 1.29 is 57.8 Å². The third kappa shape index (κ3) is 16.8. The van der Waals surface area contributed by atoms with Gasteiger partial charge >= 0.3 is 18.3 Å². The van der Waals surface area contributed by atoms with E-state index in [0.717, 1.165) is 19.3 Å². The molecule has 1 aliphatic heterocycles. The highest BCUT2D eigenvalue weighted by Crippen LogP contribution is 2.34. The standard InChI is InChI=1S/C38H59N3O12/c1-5-8-9-10-11-12-13-14-15-16-17-18-22-25-30(51-35(44)28-23-20-19-21-24-28)29(40-41-39)26-50-38(4)34(43)32(42)33(52-37(46)48-7-3)31(53-38)27-49-36(45)47-6-2/h19-25,29-34,42-43H,5-18,26-27H2,1-4H3/t29-,30+,31+,32-,33-,34+,38-/m0/s1. The summed E-state index contributed by atoms with van der Waals surface area (Å²) in [5.41, 5.74) is 9.77. The maximum absolute atomic E-state index is 13.1. The molecule has 0 radical (unpaired) electrons. The third-order valence-corrected chi connectivity index (χ3v) is 8.74. The van der Waals surface area contributed by atoms with Crippen LogP contribution in [0.15, 0.2) is 47.6 Å². The molecule has 0 aliphatic carbocycles. The number of esters is 1. The quantitative estimate of drug-likeness (QED) is 0.0188. The number of carbonyl (C=O) groups is 3. The van der Waals surface area contributed by atoms with Gasteiger partial charge in [0.25, 0.3) is 0 Å². The number of ether oxygens (including phenoxy) is 7. The number of aliphatic hydroxyl groups is 2. The third-order valence-electron chi connectivity index (χ3n) is 8.74. The Labute approximate surface area is 312 Å². The minimum absolute atomic E-state index is 0.0273. The monoisotopic (exact) mass is 749 g/mol. The second kappa shape index (κ2) is 26.0. The number of aliphatic hydroxyl groups excluding tert-OH is 2. The molecule has 0 amide bonds. The van der Waals surface area contributed by atoms with Crippen molar-refractivity contribution in [2.24, 2.45) is 5.11 Å². The lowest BCUT2D eigenvalue weighted by molar-refractivity contribution is -0.357. The van der Waals surface area contributed by atoms with Crippen molar-refractivity contribution in [3.63, 3.8) is 0 Å². The number of unbranched alkanes of at least 4 members (excludes halogenated alkanes) is 11. The molecule has 1 aliphatic rings.